The molecule has 4 heteroatoms. The highest BCUT2D eigenvalue weighted by molar-refractivity contribution is 8.13. The van der Waals surface area contributed by atoms with Crippen molar-refractivity contribution in [2.24, 2.45) is 5.73 Å². The van der Waals surface area contributed by atoms with Gasteiger partial charge in [-0.1, -0.05) is 36.0 Å². The van der Waals surface area contributed by atoms with Crippen LogP contribution in [-0.4, -0.2) is 16.7 Å². The summed E-state index contributed by atoms with van der Waals surface area (Å²) >= 11 is 3.30. The number of fused-ring (bicyclic) bond motifs is 1. The number of benzene rings is 1. The van der Waals surface area contributed by atoms with Crippen LogP contribution in [0.1, 0.15) is 12.0 Å². The maximum atomic E-state index is 7.16. The van der Waals surface area contributed by atoms with Gasteiger partial charge in [-0.25, -0.2) is 0 Å². The van der Waals surface area contributed by atoms with Crippen molar-refractivity contribution in [3.63, 3.8) is 0 Å². The van der Waals surface area contributed by atoms with E-state index in [1.807, 2.05) is 11.8 Å². The normalized spacial score (nSPS) is 17.1. The van der Waals surface area contributed by atoms with E-state index in [0.717, 1.165) is 17.9 Å². The van der Waals surface area contributed by atoms with Gasteiger partial charge in [0, 0.05) is 16.4 Å². The van der Waals surface area contributed by atoms with Crippen LogP contribution in [0.3, 0.4) is 0 Å². The third kappa shape index (κ3) is 2.83. The van der Waals surface area contributed by atoms with Crippen molar-refractivity contribution in [1.82, 2.24) is 0 Å². The van der Waals surface area contributed by atoms with E-state index in [2.05, 4.69) is 30.3 Å². The minimum atomic E-state index is 0.190. The molecule has 0 amide bonds. The number of allylic oxidation sites excluding steroid dienone is 1. The molecule has 0 saturated heterocycles. The van der Waals surface area contributed by atoms with Crippen LogP contribution in [0.25, 0.3) is 5.57 Å². The van der Waals surface area contributed by atoms with Crippen molar-refractivity contribution in [1.29, 1.82) is 5.41 Å². The first-order chi connectivity index (χ1) is 7.77. The summed E-state index contributed by atoms with van der Waals surface area (Å²) in [5, 5.41) is 7.35. The van der Waals surface area contributed by atoms with Crippen LogP contribution in [0.5, 0.6) is 0 Å². The molecule has 0 aliphatic carbocycles. The standard InChI is InChI=1S/C12H14N2S2/c13-12(14)16-8-6-9-5-7-15-11-4-2-1-3-10(9)11/h1-4,6H,5,7-8H2,(H3,13,14). The van der Waals surface area contributed by atoms with E-state index in [9.17, 15) is 0 Å². The Hall–Kier alpha value is -0.870. The van der Waals surface area contributed by atoms with Gasteiger partial charge in [0.25, 0.3) is 0 Å². The van der Waals surface area contributed by atoms with Crippen LogP contribution in [0.2, 0.25) is 0 Å². The van der Waals surface area contributed by atoms with E-state index in [-0.39, 0.29) is 5.17 Å². The van der Waals surface area contributed by atoms with Gasteiger partial charge >= 0.3 is 0 Å². The second-order valence-electron chi connectivity index (χ2n) is 3.50. The molecule has 2 nitrogen and oxygen atoms in total. The van der Waals surface area contributed by atoms with Gasteiger partial charge in [-0.2, -0.15) is 0 Å². The second-order valence-corrected chi connectivity index (χ2v) is 5.70. The average Bonchev–Trinajstić information content (AvgIpc) is 2.29. The van der Waals surface area contributed by atoms with Crippen LogP contribution < -0.4 is 5.73 Å². The molecular formula is C12H14N2S2. The van der Waals surface area contributed by atoms with Gasteiger partial charge in [0.15, 0.2) is 5.17 Å². The molecule has 0 radical (unpaired) electrons. The van der Waals surface area contributed by atoms with Gasteiger partial charge in [-0.05, 0) is 23.6 Å². The molecule has 0 spiro atoms. The number of thioether (sulfide) groups is 2. The second kappa shape index (κ2) is 5.46. The molecule has 1 aromatic rings. The lowest BCUT2D eigenvalue weighted by Crippen LogP contribution is -2.04. The van der Waals surface area contributed by atoms with Gasteiger partial charge in [-0.15, -0.1) is 11.8 Å². The van der Waals surface area contributed by atoms with Crippen LogP contribution in [-0.2, 0) is 0 Å². The molecule has 0 atom stereocenters. The Labute approximate surface area is 104 Å². The zero-order valence-electron chi connectivity index (χ0n) is 8.90. The van der Waals surface area contributed by atoms with Gasteiger partial charge in [0.1, 0.15) is 0 Å². The fourth-order valence-corrected chi connectivity index (χ4v) is 3.24. The number of amidine groups is 1. The Morgan fingerprint density at radius 3 is 3.12 bits per heavy atom. The maximum absolute atomic E-state index is 7.16. The van der Waals surface area contributed by atoms with Crippen molar-refractivity contribution >= 4 is 34.3 Å². The summed E-state index contributed by atoms with van der Waals surface area (Å²) in [5.74, 6) is 1.94. The summed E-state index contributed by atoms with van der Waals surface area (Å²) in [4.78, 5) is 1.37. The van der Waals surface area contributed by atoms with Gasteiger partial charge in [-0.3, -0.25) is 5.41 Å². The number of hydrogen-bond donors (Lipinski definition) is 2. The number of nitrogens with one attached hydrogen (secondary N) is 1. The molecular weight excluding hydrogens is 236 g/mol. The molecule has 1 aliphatic rings. The highest BCUT2D eigenvalue weighted by Crippen LogP contribution is 2.36. The van der Waals surface area contributed by atoms with Crippen LogP contribution in [0.15, 0.2) is 35.2 Å². The summed E-state index contributed by atoms with van der Waals surface area (Å²) in [6.45, 7) is 0. The lowest BCUT2D eigenvalue weighted by molar-refractivity contribution is 1.18. The monoisotopic (exact) mass is 250 g/mol. The molecule has 1 heterocycles. The summed E-state index contributed by atoms with van der Waals surface area (Å²) in [6, 6.07) is 8.51. The van der Waals surface area contributed by atoms with E-state index < -0.39 is 0 Å². The minimum Gasteiger partial charge on any atom is -0.379 e. The molecule has 3 N–H and O–H groups in total. The van der Waals surface area contributed by atoms with Gasteiger partial charge < -0.3 is 5.73 Å². The van der Waals surface area contributed by atoms with Crippen molar-refractivity contribution < 1.29 is 0 Å². The van der Waals surface area contributed by atoms with Gasteiger partial charge in [0.2, 0.25) is 0 Å². The summed E-state index contributed by atoms with van der Waals surface area (Å²) in [7, 11) is 0. The van der Waals surface area contributed by atoms with Crippen LogP contribution in [0, 0.1) is 5.41 Å². The lowest BCUT2D eigenvalue weighted by Gasteiger charge is -2.18. The number of rotatable bonds is 2. The fraction of sp³-hybridized carbons (Fsp3) is 0.250. The van der Waals surface area contributed by atoms with E-state index in [1.165, 1.54) is 27.8 Å². The Bertz CT molecular complexity index is 427. The molecule has 0 bridgehead atoms. The molecule has 1 aliphatic heterocycles. The fourth-order valence-electron chi connectivity index (χ4n) is 1.71. The summed E-state index contributed by atoms with van der Waals surface area (Å²) < 4.78 is 0. The first-order valence-corrected chi connectivity index (χ1v) is 7.12. The highest BCUT2D eigenvalue weighted by atomic mass is 32.2. The molecule has 84 valence electrons. The molecule has 2 rings (SSSR count). The predicted molar refractivity (Wildman–Crippen MR) is 74.1 cm³/mol. The smallest absolute Gasteiger partial charge is 0.151 e. The van der Waals surface area contributed by atoms with Crippen molar-refractivity contribution in [2.75, 3.05) is 11.5 Å². The quantitative estimate of drug-likeness (QED) is 0.626. The molecule has 0 aromatic heterocycles. The first-order valence-electron chi connectivity index (χ1n) is 5.15. The van der Waals surface area contributed by atoms with E-state index in [1.54, 1.807) is 0 Å². The minimum absolute atomic E-state index is 0.190. The van der Waals surface area contributed by atoms with E-state index in [0.29, 0.717) is 0 Å². The van der Waals surface area contributed by atoms with Crippen LogP contribution >= 0.6 is 23.5 Å². The average molecular weight is 250 g/mol. The van der Waals surface area contributed by atoms with Crippen LogP contribution in [0.4, 0.5) is 0 Å². The number of hydrogen-bond acceptors (Lipinski definition) is 3. The molecule has 0 fully saturated rings. The first kappa shape index (κ1) is 11.6. The van der Waals surface area contributed by atoms with E-state index >= 15 is 0 Å². The molecule has 0 saturated carbocycles. The third-order valence-corrected chi connectivity index (χ3v) is 4.15. The lowest BCUT2D eigenvalue weighted by atomic mass is 10.0. The topological polar surface area (TPSA) is 49.9 Å². The Kier molecular flexibility index (Phi) is 3.96. The summed E-state index contributed by atoms with van der Waals surface area (Å²) in [5.41, 5.74) is 8.06. The van der Waals surface area contributed by atoms with Crippen molar-refractivity contribution in [3.8, 4) is 0 Å². The molecule has 1 aromatic carbocycles. The Balaban J connectivity index is 2.15. The number of nitrogens with two attached hydrogens (primary N) is 1. The van der Waals surface area contributed by atoms with Crippen molar-refractivity contribution in [3.05, 3.63) is 35.9 Å². The largest absolute Gasteiger partial charge is 0.379 e. The highest BCUT2D eigenvalue weighted by Gasteiger charge is 2.12. The zero-order chi connectivity index (χ0) is 11.4. The molecule has 16 heavy (non-hydrogen) atoms. The zero-order valence-corrected chi connectivity index (χ0v) is 10.5. The summed E-state index contributed by atoms with van der Waals surface area (Å²) in [6.07, 6.45) is 3.31. The molecule has 0 unspecified atom stereocenters. The van der Waals surface area contributed by atoms with Gasteiger partial charge in [0.05, 0.1) is 0 Å². The predicted octanol–water partition coefficient (Wildman–Crippen LogP) is 3.19. The third-order valence-electron chi connectivity index (χ3n) is 2.43. The SMILES string of the molecule is N=C(N)SCC=C1CCSc2ccccc21. The Morgan fingerprint density at radius 1 is 1.50 bits per heavy atom. The van der Waals surface area contributed by atoms with E-state index in [4.69, 9.17) is 11.1 Å². The maximum Gasteiger partial charge on any atom is 0.151 e. The Morgan fingerprint density at radius 2 is 2.31 bits per heavy atom. The van der Waals surface area contributed by atoms with Crippen molar-refractivity contribution in [2.45, 2.75) is 11.3 Å².